The van der Waals surface area contributed by atoms with E-state index in [0.717, 1.165) is 0 Å². The third kappa shape index (κ3) is 2.87. The zero-order chi connectivity index (χ0) is 10.8. The van der Waals surface area contributed by atoms with Gasteiger partial charge in [0.2, 0.25) is 0 Å². The average molecular weight is 229 g/mol. The highest BCUT2D eigenvalue weighted by Gasteiger charge is 2.43. The quantitative estimate of drug-likeness (QED) is 0.664. The normalized spacial score (nSPS) is 28.9. The highest BCUT2D eigenvalue weighted by atomic mass is 35.5. The minimum Gasteiger partial charge on any atom is -0.298 e. The average Bonchev–Trinajstić information content (AvgIpc) is 2.15. The Labute approximate surface area is 85.6 Å². The van der Waals surface area contributed by atoms with Crippen LogP contribution in [0.5, 0.6) is 0 Å². The SMILES string of the molecule is O=C(CCl)C1CCCC(C(F)(F)F)C1. The first kappa shape index (κ1) is 11.8. The summed E-state index contributed by atoms with van der Waals surface area (Å²) in [5.74, 6) is -2.21. The molecule has 82 valence electrons. The number of alkyl halides is 4. The second kappa shape index (κ2) is 4.51. The largest absolute Gasteiger partial charge is 0.391 e. The Morgan fingerprint density at radius 1 is 1.36 bits per heavy atom. The zero-order valence-corrected chi connectivity index (χ0v) is 8.37. The molecule has 0 bridgehead atoms. The van der Waals surface area contributed by atoms with Gasteiger partial charge >= 0.3 is 6.18 Å². The van der Waals surface area contributed by atoms with Crippen molar-refractivity contribution in [3.05, 3.63) is 0 Å². The van der Waals surface area contributed by atoms with E-state index < -0.39 is 18.0 Å². The molecule has 1 aliphatic rings. The molecule has 0 radical (unpaired) electrons. The number of Topliss-reactive ketones (excluding diaryl/α,β-unsaturated/α-hetero) is 1. The maximum Gasteiger partial charge on any atom is 0.391 e. The number of hydrogen-bond acceptors (Lipinski definition) is 1. The molecule has 0 aromatic rings. The van der Waals surface area contributed by atoms with E-state index in [0.29, 0.717) is 12.8 Å². The summed E-state index contributed by atoms with van der Waals surface area (Å²) in [5.41, 5.74) is 0. The van der Waals surface area contributed by atoms with E-state index >= 15 is 0 Å². The highest BCUT2D eigenvalue weighted by molar-refractivity contribution is 6.27. The lowest BCUT2D eigenvalue weighted by molar-refractivity contribution is -0.185. The molecule has 0 aromatic carbocycles. The summed E-state index contributed by atoms with van der Waals surface area (Å²) < 4.78 is 37.0. The van der Waals surface area contributed by atoms with Crippen LogP contribution in [-0.2, 0) is 4.79 Å². The molecule has 2 unspecified atom stereocenters. The van der Waals surface area contributed by atoms with Crippen LogP contribution in [0.3, 0.4) is 0 Å². The number of hydrogen-bond donors (Lipinski definition) is 0. The first-order valence-corrected chi connectivity index (χ1v) is 5.14. The molecule has 14 heavy (non-hydrogen) atoms. The molecule has 0 heterocycles. The van der Waals surface area contributed by atoms with E-state index in [1.807, 2.05) is 0 Å². The number of rotatable bonds is 2. The predicted octanol–water partition coefficient (Wildman–Crippen LogP) is 3.16. The van der Waals surface area contributed by atoms with Crippen molar-refractivity contribution in [1.29, 1.82) is 0 Å². The second-order valence-electron chi connectivity index (χ2n) is 3.70. The smallest absolute Gasteiger partial charge is 0.298 e. The Kier molecular flexibility index (Phi) is 3.81. The second-order valence-corrected chi connectivity index (χ2v) is 3.97. The number of carbonyl (C=O) groups excluding carboxylic acids is 1. The number of ketones is 1. The van der Waals surface area contributed by atoms with Crippen molar-refractivity contribution in [3.8, 4) is 0 Å². The van der Waals surface area contributed by atoms with Gasteiger partial charge in [0, 0.05) is 5.92 Å². The summed E-state index contributed by atoms with van der Waals surface area (Å²) in [6, 6.07) is 0. The summed E-state index contributed by atoms with van der Waals surface area (Å²) in [5, 5.41) is 0. The molecule has 1 aliphatic carbocycles. The van der Waals surface area contributed by atoms with Crippen molar-refractivity contribution in [1.82, 2.24) is 0 Å². The topological polar surface area (TPSA) is 17.1 Å². The summed E-state index contributed by atoms with van der Waals surface area (Å²) in [7, 11) is 0. The maximum absolute atomic E-state index is 12.3. The van der Waals surface area contributed by atoms with E-state index in [-0.39, 0.29) is 24.5 Å². The third-order valence-corrected chi connectivity index (χ3v) is 2.99. The van der Waals surface area contributed by atoms with Crippen LogP contribution >= 0.6 is 11.6 Å². The molecule has 0 spiro atoms. The Balaban J connectivity index is 2.56. The van der Waals surface area contributed by atoms with Gasteiger partial charge in [0.25, 0.3) is 0 Å². The summed E-state index contributed by atoms with van der Waals surface area (Å²) in [4.78, 5) is 11.1. The fraction of sp³-hybridized carbons (Fsp3) is 0.889. The molecule has 5 heteroatoms. The van der Waals surface area contributed by atoms with E-state index in [1.54, 1.807) is 0 Å². The Morgan fingerprint density at radius 3 is 2.50 bits per heavy atom. The molecule has 0 N–H and O–H groups in total. The summed E-state index contributed by atoms with van der Waals surface area (Å²) in [6.45, 7) is 0. The van der Waals surface area contributed by atoms with Gasteiger partial charge in [-0.1, -0.05) is 6.42 Å². The molecular formula is C9H12ClF3O. The zero-order valence-electron chi connectivity index (χ0n) is 7.61. The van der Waals surface area contributed by atoms with Crippen LogP contribution in [0.25, 0.3) is 0 Å². The molecule has 1 saturated carbocycles. The summed E-state index contributed by atoms with van der Waals surface area (Å²) in [6.07, 6.45) is -3.06. The fourth-order valence-corrected chi connectivity index (χ4v) is 2.11. The van der Waals surface area contributed by atoms with Gasteiger partial charge in [-0.15, -0.1) is 11.6 Å². The lowest BCUT2D eigenvalue weighted by Crippen LogP contribution is -2.32. The molecule has 2 atom stereocenters. The third-order valence-electron chi connectivity index (χ3n) is 2.72. The molecule has 1 fully saturated rings. The van der Waals surface area contributed by atoms with Gasteiger partial charge in [0.05, 0.1) is 11.8 Å². The Morgan fingerprint density at radius 2 is 2.00 bits per heavy atom. The summed E-state index contributed by atoms with van der Waals surface area (Å²) >= 11 is 5.32. The van der Waals surface area contributed by atoms with E-state index in [2.05, 4.69) is 0 Å². The van der Waals surface area contributed by atoms with Gasteiger partial charge in [-0.2, -0.15) is 13.2 Å². The molecule has 0 saturated heterocycles. The van der Waals surface area contributed by atoms with Crippen LogP contribution in [-0.4, -0.2) is 17.8 Å². The van der Waals surface area contributed by atoms with Gasteiger partial charge in [0.1, 0.15) is 0 Å². The van der Waals surface area contributed by atoms with Crippen LogP contribution < -0.4 is 0 Å². The van der Waals surface area contributed by atoms with Crippen LogP contribution in [0.2, 0.25) is 0 Å². The van der Waals surface area contributed by atoms with Crippen molar-refractivity contribution in [3.63, 3.8) is 0 Å². The van der Waals surface area contributed by atoms with Crippen molar-refractivity contribution in [2.24, 2.45) is 11.8 Å². The van der Waals surface area contributed by atoms with Crippen LogP contribution in [0.1, 0.15) is 25.7 Å². The van der Waals surface area contributed by atoms with E-state index in [4.69, 9.17) is 11.6 Å². The van der Waals surface area contributed by atoms with Gasteiger partial charge in [-0.05, 0) is 19.3 Å². The molecule has 1 nitrogen and oxygen atoms in total. The molecular weight excluding hydrogens is 217 g/mol. The van der Waals surface area contributed by atoms with Crippen LogP contribution in [0.15, 0.2) is 0 Å². The molecule has 0 aromatic heterocycles. The molecule has 1 rings (SSSR count). The van der Waals surface area contributed by atoms with E-state index in [9.17, 15) is 18.0 Å². The first-order chi connectivity index (χ1) is 6.45. The maximum atomic E-state index is 12.3. The predicted molar refractivity (Wildman–Crippen MR) is 47.2 cm³/mol. The first-order valence-electron chi connectivity index (χ1n) is 4.60. The Hall–Kier alpha value is -0.250. The van der Waals surface area contributed by atoms with Gasteiger partial charge in [-0.3, -0.25) is 4.79 Å². The minimum absolute atomic E-state index is 0.0744. The van der Waals surface area contributed by atoms with Gasteiger partial charge < -0.3 is 0 Å². The highest BCUT2D eigenvalue weighted by Crippen LogP contribution is 2.40. The van der Waals surface area contributed by atoms with Crippen molar-refractivity contribution in [2.75, 3.05) is 5.88 Å². The minimum atomic E-state index is -4.16. The van der Waals surface area contributed by atoms with Gasteiger partial charge in [-0.25, -0.2) is 0 Å². The lowest BCUT2D eigenvalue weighted by atomic mass is 9.79. The van der Waals surface area contributed by atoms with Crippen molar-refractivity contribution < 1.29 is 18.0 Å². The molecule has 0 aliphatic heterocycles. The molecule has 0 amide bonds. The van der Waals surface area contributed by atoms with Crippen LogP contribution in [0.4, 0.5) is 13.2 Å². The van der Waals surface area contributed by atoms with Gasteiger partial charge in [0.15, 0.2) is 5.78 Å². The van der Waals surface area contributed by atoms with E-state index in [1.165, 1.54) is 0 Å². The Bertz CT molecular complexity index is 215. The monoisotopic (exact) mass is 228 g/mol. The van der Waals surface area contributed by atoms with Crippen molar-refractivity contribution >= 4 is 17.4 Å². The fourth-order valence-electron chi connectivity index (χ4n) is 1.89. The number of halogens is 4. The van der Waals surface area contributed by atoms with Crippen molar-refractivity contribution in [2.45, 2.75) is 31.9 Å². The standard InChI is InChI=1S/C9H12ClF3O/c10-5-8(14)6-2-1-3-7(4-6)9(11,12)13/h6-7H,1-5H2. The van der Waals surface area contributed by atoms with Crippen LogP contribution in [0, 0.1) is 11.8 Å². The lowest BCUT2D eigenvalue weighted by Gasteiger charge is -2.29. The number of carbonyl (C=O) groups is 1.